The van der Waals surface area contributed by atoms with Crippen molar-refractivity contribution in [2.24, 2.45) is 5.92 Å². The molecule has 0 aromatic heterocycles. The molecule has 0 heterocycles. The first-order valence-electron chi connectivity index (χ1n) is 5.11. The number of carbonyl (C=O) groups excluding carboxylic acids is 1. The fraction of sp³-hybridized carbons (Fsp3) is 0.583. The van der Waals surface area contributed by atoms with Gasteiger partial charge in [0.25, 0.3) is 0 Å². The first-order valence-corrected chi connectivity index (χ1v) is 5.11. The van der Waals surface area contributed by atoms with E-state index in [0.717, 1.165) is 25.5 Å². The van der Waals surface area contributed by atoms with Crippen molar-refractivity contribution in [1.82, 2.24) is 0 Å². The molecule has 0 saturated carbocycles. The van der Waals surface area contributed by atoms with Gasteiger partial charge in [0.15, 0.2) is 0 Å². The monoisotopic (exact) mass is 178 g/mol. The van der Waals surface area contributed by atoms with E-state index in [2.05, 4.69) is 26.0 Å². The second-order valence-electron chi connectivity index (χ2n) is 3.68. The van der Waals surface area contributed by atoms with Gasteiger partial charge < -0.3 is 4.79 Å². The summed E-state index contributed by atoms with van der Waals surface area (Å²) >= 11 is 0. The van der Waals surface area contributed by atoms with Crippen LogP contribution in [-0.2, 0) is 4.79 Å². The van der Waals surface area contributed by atoms with Crippen LogP contribution in [0.4, 0.5) is 0 Å². The fourth-order valence-electron chi connectivity index (χ4n) is 1.74. The first kappa shape index (κ1) is 10.2. The lowest BCUT2D eigenvalue weighted by molar-refractivity contribution is -0.110. The molecule has 1 rings (SSSR count). The molecule has 0 amide bonds. The van der Waals surface area contributed by atoms with Gasteiger partial charge in [-0.3, -0.25) is 0 Å². The Hall–Kier alpha value is -0.850. The van der Waals surface area contributed by atoms with Crippen LogP contribution in [0.3, 0.4) is 0 Å². The van der Waals surface area contributed by atoms with Crippen LogP contribution in [-0.4, -0.2) is 6.29 Å². The van der Waals surface area contributed by atoms with Crippen molar-refractivity contribution in [3.63, 3.8) is 0 Å². The van der Waals surface area contributed by atoms with E-state index in [1.54, 1.807) is 0 Å². The topological polar surface area (TPSA) is 17.1 Å². The quantitative estimate of drug-likeness (QED) is 0.604. The fourth-order valence-corrected chi connectivity index (χ4v) is 1.74. The summed E-state index contributed by atoms with van der Waals surface area (Å²) in [5.41, 5.74) is 2.66. The van der Waals surface area contributed by atoms with Gasteiger partial charge in [0.1, 0.15) is 6.29 Å². The average Bonchev–Trinajstić information content (AvgIpc) is 2.48. The van der Waals surface area contributed by atoms with E-state index in [4.69, 9.17) is 0 Å². The maximum atomic E-state index is 10.6. The smallest absolute Gasteiger partial charge is 0.127 e. The molecule has 72 valence electrons. The van der Waals surface area contributed by atoms with Crippen LogP contribution < -0.4 is 0 Å². The molecule has 0 fully saturated rings. The first-order chi connectivity index (χ1) is 6.29. The Labute approximate surface area is 80.5 Å². The van der Waals surface area contributed by atoms with Gasteiger partial charge in [-0.05, 0) is 31.8 Å². The van der Waals surface area contributed by atoms with Crippen LogP contribution in [0, 0.1) is 5.92 Å². The molecule has 1 aliphatic rings. The summed E-state index contributed by atoms with van der Waals surface area (Å²) in [6.07, 6.45) is 9.92. The maximum absolute atomic E-state index is 10.6. The van der Waals surface area contributed by atoms with Gasteiger partial charge in [-0.25, -0.2) is 0 Å². The SMILES string of the molecule is CCCC=CC1=C(C)C(C=O)CC1. The number of unbranched alkanes of at least 4 members (excludes halogenated alkanes) is 1. The van der Waals surface area contributed by atoms with Gasteiger partial charge in [-0.2, -0.15) is 0 Å². The third-order valence-corrected chi connectivity index (χ3v) is 2.73. The Morgan fingerprint density at radius 2 is 2.31 bits per heavy atom. The van der Waals surface area contributed by atoms with E-state index in [1.165, 1.54) is 17.6 Å². The lowest BCUT2D eigenvalue weighted by Gasteiger charge is -1.99. The molecule has 0 aromatic rings. The van der Waals surface area contributed by atoms with Crippen LogP contribution in [0.25, 0.3) is 0 Å². The predicted octanol–water partition coefficient (Wildman–Crippen LogP) is 3.27. The molecule has 0 aromatic carbocycles. The van der Waals surface area contributed by atoms with E-state index in [0.29, 0.717) is 0 Å². The highest BCUT2D eigenvalue weighted by Gasteiger charge is 2.19. The number of rotatable bonds is 4. The Balaban J connectivity index is 2.59. The number of allylic oxidation sites excluding steroid dienone is 4. The Bertz CT molecular complexity index is 236. The van der Waals surface area contributed by atoms with Crippen molar-refractivity contribution in [3.8, 4) is 0 Å². The van der Waals surface area contributed by atoms with Crippen molar-refractivity contribution in [3.05, 3.63) is 23.3 Å². The summed E-state index contributed by atoms with van der Waals surface area (Å²) < 4.78 is 0. The number of carbonyl (C=O) groups is 1. The summed E-state index contributed by atoms with van der Waals surface area (Å²) in [5, 5.41) is 0. The van der Waals surface area contributed by atoms with Crippen molar-refractivity contribution in [1.29, 1.82) is 0 Å². The third-order valence-electron chi connectivity index (χ3n) is 2.73. The molecule has 1 nitrogen and oxygen atoms in total. The largest absolute Gasteiger partial charge is 0.303 e. The highest BCUT2D eigenvalue weighted by Crippen LogP contribution is 2.30. The Morgan fingerprint density at radius 3 is 2.85 bits per heavy atom. The molecule has 0 N–H and O–H groups in total. The minimum absolute atomic E-state index is 0.196. The van der Waals surface area contributed by atoms with Crippen molar-refractivity contribution < 1.29 is 4.79 Å². The lowest BCUT2D eigenvalue weighted by Crippen LogP contribution is -1.96. The highest BCUT2D eigenvalue weighted by atomic mass is 16.1. The van der Waals surface area contributed by atoms with E-state index in [1.807, 2.05) is 0 Å². The molecule has 1 unspecified atom stereocenters. The Kier molecular flexibility index (Phi) is 3.94. The zero-order valence-corrected chi connectivity index (χ0v) is 8.55. The number of hydrogen-bond donors (Lipinski definition) is 0. The molecule has 1 atom stereocenters. The number of hydrogen-bond acceptors (Lipinski definition) is 1. The molecule has 1 heteroatoms. The van der Waals surface area contributed by atoms with E-state index in [-0.39, 0.29) is 5.92 Å². The summed E-state index contributed by atoms with van der Waals surface area (Å²) in [6, 6.07) is 0. The summed E-state index contributed by atoms with van der Waals surface area (Å²) in [4.78, 5) is 10.6. The Morgan fingerprint density at radius 1 is 1.54 bits per heavy atom. The van der Waals surface area contributed by atoms with Gasteiger partial charge in [-0.15, -0.1) is 0 Å². The second-order valence-corrected chi connectivity index (χ2v) is 3.68. The molecule has 13 heavy (non-hydrogen) atoms. The lowest BCUT2D eigenvalue weighted by atomic mass is 10.0. The minimum atomic E-state index is 0.196. The van der Waals surface area contributed by atoms with Crippen molar-refractivity contribution >= 4 is 6.29 Å². The van der Waals surface area contributed by atoms with E-state index < -0.39 is 0 Å². The van der Waals surface area contributed by atoms with Gasteiger partial charge >= 0.3 is 0 Å². The van der Waals surface area contributed by atoms with Gasteiger partial charge in [0, 0.05) is 5.92 Å². The molecule has 0 aliphatic heterocycles. The zero-order chi connectivity index (χ0) is 9.68. The van der Waals surface area contributed by atoms with Crippen LogP contribution >= 0.6 is 0 Å². The highest BCUT2D eigenvalue weighted by molar-refractivity contribution is 5.61. The molecule has 1 aliphatic carbocycles. The maximum Gasteiger partial charge on any atom is 0.127 e. The molecular formula is C12H18O. The second kappa shape index (κ2) is 5.00. The average molecular weight is 178 g/mol. The van der Waals surface area contributed by atoms with Crippen LogP contribution in [0.2, 0.25) is 0 Å². The molecule has 0 radical (unpaired) electrons. The van der Waals surface area contributed by atoms with Crippen LogP contribution in [0.5, 0.6) is 0 Å². The molecular weight excluding hydrogens is 160 g/mol. The van der Waals surface area contributed by atoms with Crippen LogP contribution in [0.15, 0.2) is 23.3 Å². The number of aldehydes is 1. The molecule has 0 spiro atoms. The van der Waals surface area contributed by atoms with Crippen molar-refractivity contribution in [2.45, 2.75) is 39.5 Å². The van der Waals surface area contributed by atoms with E-state index >= 15 is 0 Å². The summed E-state index contributed by atoms with van der Waals surface area (Å²) in [6.45, 7) is 4.26. The molecule has 0 saturated heterocycles. The summed E-state index contributed by atoms with van der Waals surface area (Å²) in [7, 11) is 0. The predicted molar refractivity (Wildman–Crippen MR) is 55.5 cm³/mol. The molecule has 0 bridgehead atoms. The van der Waals surface area contributed by atoms with Gasteiger partial charge in [-0.1, -0.05) is 31.1 Å². The van der Waals surface area contributed by atoms with Gasteiger partial charge in [0.05, 0.1) is 0 Å². The van der Waals surface area contributed by atoms with Crippen LogP contribution in [0.1, 0.15) is 39.5 Å². The zero-order valence-electron chi connectivity index (χ0n) is 8.55. The normalized spacial score (nSPS) is 23.1. The third kappa shape index (κ3) is 2.55. The minimum Gasteiger partial charge on any atom is -0.303 e. The van der Waals surface area contributed by atoms with Gasteiger partial charge in [0.2, 0.25) is 0 Å². The van der Waals surface area contributed by atoms with Crippen molar-refractivity contribution in [2.75, 3.05) is 0 Å². The van der Waals surface area contributed by atoms with E-state index in [9.17, 15) is 4.79 Å². The summed E-state index contributed by atoms with van der Waals surface area (Å²) in [5.74, 6) is 0.196. The standard InChI is InChI=1S/C12H18O/c1-3-4-5-6-11-7-8-12(9-13)10(11)2/h5-6,9,12H,3-4,7-8H2,1-2H3.